The zero-order chi connectivity index (χ0) is 15.7. The SMILES string of the molecule is COC(=O)c1cccc(S(=O)(=O)NCCSCCCO)c1. The van der Waals surface area contributed by atoms with Crippen molar-refractivity contribution in [2.75, 3.05) is 31.8 Å². The second kappa shape index (κ2) is 9.04. The van der Waals surface area contributed by atoms with Gasteiger partial charge in [-0.15, -0.1) is 0 Å². The molecule has 6 nitrogen and oxygen atoms in total. The molecule has 0 atom stereocenters. The highest BCUT2D eigenvalue weighted by molar-refractivity contribution is 7.99. The minimum absolute atomic E-state index is 0.0331. The Labute approximate surface area is 128 Å². The lowest BCUT2D eigenvalue weighted by Gasteiger charge is -2.07. The van der Waals surface area contributed by atoms with Gasteiger partial charge in [0.2, 0.25) is 10.0 Å². The van der Waals surface area contributed by atoms with E-state index in [2.05, 4.69) is 9.46 Å². The topological polar surface area (TPSA) is 92.7 Å². The van der Waals surface area contributed by atoms with Gasteiger partial charge in [0.15, 0.2) is 0 Å². The van der Waals surface area contributed by atoms with Gasteiger partial charge in [-0.25, -0.2) is 17.9 Å². The number of rotatable bonds is 9. The Morgan fingerprint density at radius 2 is 2.14 bits per heavy atom. The molecule has 21 heavy (non-hydrogen) atoms. The molecule has 0 fully saturated rings. The van der Waals surface area contributed by atoms with Crippen LogP contribution in [0.25, 0.3) is 0 Å². The second-order valence-corrected chi connectivity index (χ2v) is 7.10. The van der Waals surface area contributed by atoms with Crippen molar-refractivity contribution < 1.29 is 23.1 Å². The number of nitrogens with one attached hydrogen (secondary N) is 1. The Balaban J connectivity index is 2.60. The van der Waals surface area contributed by atoms with E-state index in [1.165, 1.54) is 31.4 Å². The summed E-state index contributed by atoms with van der Waals surface area (Å²) in [6, 6.07) is 5.70. The third kappa shape index (κ3) is 6.04. The fourth-order valence-corrected chi connectivity index (χ4v) is 3.50. The molecule has 0 amide bonds. The Bertz CT molecular complexity index is 559. The van der Waals surface area contributed by atoms with Crippen LogP contribution in [0.5, 0.6) is 0 Å². The first-order valence-corrected chi connectivity index (χ1v) is 9.01. The summed E-state index contributed by atoms with van der Waals surface area (Å²) < 4.78 is 31.2. The van der Waals surface area contributed by atoms with Crippen LogP contribution in [-0.2, 0) is 14.8 Å². The van der Waals surface area contributed by atoms with Crippen LogP contribution in [0.3, 0.4) is 0 Å². The van der Waals surface area contributed by atoms with Gasteiger partial charge in [0, 0.05) is 18.9 Å². The summed E-state index contributed by atoms with van der Waals surface area (Å²) in [5.74, 6) is 0.831. The lowest BCUT2D eigenvalue weighted by atomic mass is 10.2. The smallest absolute Gasteiger partial charge is 0.337 e. The van der Waals surface area contributed by atoms with Crippen LogP contribution in [0.4, 0.5) is 0 Å². The Hall–Kier alpha value is -1.09. The number of thioether (sulfide) groups is 1. The molecule has 0 bridgehead atoms. The fourth-order valence-electron chi connectivity index (χ4n) is 1.51. The van der Waals surface area contributed by atoms with E-state index in [1.54, 1.807) is 11.8 Å². The highest BCUT2D eigenvalue weighted by atomic mass is 32.2. The molecule has 0 saturated carbocycles. The minimum Gasteiger partial charge on any atom is -0.465 e. The van der Waals surface area contributed by atoms with Crippen molar-refractivity contribution in [2.45, 2.75) is 11.3 Å². The van der Waals surface area contributed by atoms with E-state index in [4.69, 9.17) is 5.11 Å². The van der Waals surface area contributed by atoms with Crippen LogP contribution < -0.4 is 4.72 Å². The van der Waals surface area contributed by atoms with Gasteiger partial charge < -0.3 is 9.84 Å². The molecule has 118 valence electrons. The van der Waals surface area contributed by atoms with Crippen LogP contribution in [-0.4, -0.2) is 51.3 Å². The van der Waals surface area contributed by atoms with Crippen molar-refractivity contribution in [3.8, 4) is 0 Å². The summed E-state index contributed by atoms with van der Waals surface area (Å²) in [7, 11) is -2.40. The summed E-state index contributed by atoms with van der Waals surface area (Å²) in [6.45, 7) is 0.430. The molecule has 0 aliphatic heterocycles. The molecule has 1 rings (SSSR count). The number of aliphatic hydroxyl groups excluding tert-OH is 1. The number of benzene rings is 1. The van der Waals surface area contributed by atoms with Crippen LogP contribution in [0.2, 0.25) is 0 Å². The summed E-state index contributed by atoms with van der Waals surface area (Å²) in [5.41, 5.74) is 0.192. The maximum absolute atomic E-state index is 12.1. The maximum Gasteiger partial charge on any atom is 0.337 e. The number of carbonyl (C=O) groups is 1. The van der Waals surface area contributed by atoms with E-state index in [-0.39, 0.29) is 17.1 Å². The molecule has 0 aliphatic carbocycles. The maximum atomic E-state index is 12.1. The highest BCUT2D eigenvalue weighted by Crippen LogP contribution is 2.12. The standard InChI is InChI=1S/C13H19NO5S2/c1-19-13(16)11-4-2-5-12(10-11)21(17,18)14-6-9-20-8-3-7-15/h2,4-5,10,14-15H,3,6-9H2,1H3. The largest absolute Gasteiger partial charge is 0.465 e. The predicted molar refractivity (Wildman–Crippen MR) is 82.0 cm³/mol. The summed E-state index contributed by atoms with van der Waals surface area (Å²) in [6.07, 6.45) is 0.693. The molecule has 8 heteroatoms. The second-order valence-electron chi connectivity index (χ2n) is 4.11. The van der Waals surface area contributed by atoms with Gasteiger partial charge in [-0.1, -0.05) is 6.07 Å². The lowest BCUT2D eigenvalue weighted by molar-refractivity contribution is 0.0600. The van der Waals surface area contributed by atoms with Gasteiger partial charge >= 0.3 is 5.97 Å². The summed E-state index contributed by atoms with van der Waals surface area (Å²) >= 11 is 1.56. The number of carbonyl (C=O) groups excluding carboxylic acids is 1. The van der Waals surface area contributed by atoms with E-state index < -0.39 is 16.0 Å². The Morgan fingerprint density at radius 3 is 2.81 bits per heavy atom. The molecule has 1 aromatic carbocycles. The lowest BCUT2D eigenvalue weighted by Crippen LogP contribution is -2.26. The third-order valence-electron chi connectivity index (χ3n) is 2.55. The van der Waals surface area contributed by atoms with E-state index in [9.17, 15) is 13.2 Å². The molecule has 0 unspecified atom stereocenters. The predicted octanol–water partition coefficient (Wildman–Crippen LogP) is 0.867. The first kappa shape index (κ1) is 18.0. The van der Waals surface area contributed by atoms with E-state index in [0.717, 1.165) is 5.75 Å². The highest BCUT2D eigenvalue weighted by Gasteiger charge is 2.15. The number of sulfonamides is 1. The fraction of sp³-hybridized carbons (Fsp3) is 0.462. The first-order valence-electron chi connectivity index (χ1n) is 6.38. The van der Waals surface area contributed by atoms with E-state index in [1.807, 2.05) is 0 Å². The van der Waals surface area contributed by atoms with Crippen LogP contribution in [0.1, 0.15) is 16.8 Å². The van der Waals surface area contributed by atoms with Gasteiger partial charge in [-0.3, -0.25) is 0 Å². The number of methoxy groups -OCH3 is 1. The number of hydrogen-bond donors (Lipinski definition) is 2. The molecule has 0 radical (unpaired) electrons. The molecule has 1 aromatic rings. The van der Waals surface area contributed by atoms with Gasteiger partial charge in [0.25, 0.3) is 0 Å². The molecule has 2 N–H and O–H groups in total. The van der Waals surface area contributed by atoms with Crippen molar-refractivity contribution in [2.24, 2.45) is 0 Å². The quantitative estimate of drug-likeness (QED) is 0.514. The van der Waals surface area contributed by atoms with E-state index in [0.29, 0.717) is 18.7 Å². The molecule has 0 saturated heterocycles. The number of ether oxygens (including phenoxy) is 1. The third-order valence-corrected chi connectivity index (χ3v) is 5.08. The van der Waals surface area contributed by atoms with E-state index >= 15 is 0 Å². The van der Waals surface area contributed by atoms with Crippen molar-refractivity contribution in [1.29, 1.82) is 0 Å². The monoisotopic (exact) mass is 333 g/mol. The average molecular weight is 333 g/mol. The molecule has 0 aromatic heterocycles. The molecular formula is C13H19NO5S2. The summed E-state index contributed by atoms with van der Waals surface area (Å²) in [4.78, 5) is 11.4. The minimum atomic E-state index is -3.64. The van der Waals surface area contributed by atoms with Crippen molar-refractivity contribution in [3.63, 3.8) is 0 Å². The van der Waals surface area contributed by atoms with Crippen LogP contribution in [0.15, 0.2) is 29.2 Å². The van der Waals surface area contributed by atoms with Crippen LogP contribution in [0, 0.1) is 0 Å². The number of hydrogen-bond acceptors (Lipinski definition) is 6. The normalized spacial score (nSPS) is 11.3. The van der Waals surface area contributed by atoms with Gasteiger partial charge in [-0.05, 0) is 30.4 Å². The van der Waals surface area contributed by atoms with Gasteiger partial charge in [-0.2, -0.15) is 11.8 Å². The zero-order valence-electron chi connectivity index (χ0n) is 11.7. The molecule has 0 heterocycles. The Morgan fingerprint density at radius 1 is 1.38 bits per heavy atom. The molecular weight excluding hydrogens is 314 g/mol. The zero-order valence-corrected chi connectivity index (χ0v) is 13.4. The number of esters is 1. The van der Waals surface area contributed by atoms with Crippen molar-refractivity contribution in [3.05, 3.63) is 29.8 Å². The molecule has 0 aliphatic rings. The first-order chi connectivity index (χ1) is 10.0. The average Bonchev–Trinajstić information content (AvgIpc) is 2.50. The van der Waals surface area contributed by atoms with Crippen LogP contribution >= 0.6 is 11.8 Å². The molecule has 0 spiro atoms. The summed E-state index contributed by atoms with van der Waals surface area (Å²) in [5, 5.41) is 8.63. The Kier molecular flexibility index (Phi) is 7.73. The van der Waals surface area contributed by atoms with Crippen molar-refractivity contribution >= 4 is 27.8 Å². The van der Waals surface area contributed by atoms with Crippen molar-refractivity contribution in [1.82, 2.24) is 4.72 Å². The number of aliphatic hydroxyl groups is 1. The van der Waals surface area contributed by atoms with Gasteiger partial charge in [0.1, 0.15) is 0 Å². The van der Waals surface area contributed by atoms with Gasteiger partial charge in [0.05, 0.1) is 17.6 Å².